The molecule has 164 valence electrons. The minimum absolute atomic E-state index is 0.135. The second-order valence-corrected chi connectivity index (χ2v) is 7.59. The van der Waals surface area contributed by atoms with Gasteiger partial charge in [0.05, 0.1) is 12.3 Å². The molecular formula is C21H31N5O4. The van der Waals surface area contributed by atoms with Gasteiger partial charge in [-0.2, -0.15) is 0 Å². The first kappa shape index (κ1) is 23.2. The minimum atomic E-state index is -1.01. The summed E-state index contributed by atoms with van der Waals surface area (Å²) in [7, 11) is 0. The molecular weight excluding hydrogens is 386 g/mol. The van der Waals surface area contributed by atoms with Crippen molar-refractivity contribution in [1.82, 2.24) is 15.5 Å². The monoisotopic (exact) mass is 417 g/mol. The number of nitrogens with one attached hydrogen (secondary N) is 3. The highest BCUT2D eigenvalue weighted by Gasteiger charge is 2.41. The standard InChI is InChI=1S/C21H31N5O4/c22-21(23)24-10-4-9-18(27)25-13-16-14-26(20(30)17(16)12-19(28)29)11-5-8-15-6-2-1-3-7-15/h1-3,6-7,16-17H,4-5,8-14H2,(H,25,27)(H,28,29)(H4,22,23,24)/t16-,17+/m1/s1. The lowest BCUT2D eigenvalue weighted by atomic mass is 9.92. The SMILES string of the molecule is N=C(N)NCCCC(=O)NC[C@@H]1CN(CCCc2ccccc2)C(=O)[C@H]1CC(=O)O. The van der Waals surface area contributed by atoms with Gasteiger partial charge in [0.2, 0.25) is 11.8 Å². The number of rotatable bonds is 12. The van der Waals surface area contributed by atoms with Gasteiger partial charge in [0.1, 0.15) is 0 Å². The van der Waals surface area contributed by atoms with Crippen LogP contribution in [0.3, 0.4) is 0 Å². The fourth-order valence-corrected chi connectivity index (χ4v) is 3.71. The van der Waals surface area contributed by atoms with E-state index < -0.39 is 11.9 Å². The van der Waals surface area contributed by atoms with E-state index in [1.165, 1.54) is 5.56 Å². The molecule has 0 unspecified atom stereocenters. The Hall–Kier alpha value is -3.10. The molecule has 9 heteroatoms. The van der Waals surface area contributed by atoms with Gasteiger partial charge in [0.25, 0.3) is 0 Å². The average Bonchev–Trinajstić information content (AvgIpc) is 2.99. The Morgan fingerprint density at radius 1 is 1.20 bits per heavy atom. The molecule has 1 heterocycles. The van der Waals surface area contributed by atoms with Crippen LogP contribution in [-0.2, 0) is 20.8 Å². The van der Waals surface area contributed by atoms with Crippen LogP contribution in [0.4, 0.5) is 0 Å². The molecule has 0 saturated carbocycles. The highest BCUT2D eigenvalue weighted by Crippen LogP contribution is 2.28. The first-order chi connectivity index (χ1) is 14.4. The third-order valence-corrected chi connectivity index (χ3v) is 5.24. The number of nitrogens with two attached hydrogens (primary N) is 1. The number of carbonyl (C=O) groups is 3. The van der Waals surface area contributed by atoms with E-state index in [1.54, 1.807) is 4.90 Å². The fourth-order valence-electron chi connectivity index (χ4n) is 3.71. The molecule has 1 aromatic rings. The summed E-state index contributed by atoms with van der Waals surface area (Å²) in [5.41, 5.74) is 6.39. The van der Waals surface area contributed by atoms with Crippen molar-refractivity contribution in [3.63, 3.8) is 0 Å². The Bertz CT molecular complexity index is 740. The molecule has 2 amide bonds. The van der Waals surface area contributed by atoms with E-state index in [0.29, 0.717) is 26.1 Å². The highest BCUT2D eigenvalue weighted by atomic mass is 16.4. The van der Waals surface area contributed by atoms with Crippen LogP contribution in [0, 0.1) is 17.2 Å². The fraction of sp³-hybridized carbons (Fsp3) is 0.524. The molecule has 1 saturated heterocycles. The van der Waals surface area contributed by atoms with E-state index in [-0.39, 0.29) is 43.1 Å². The molecule has 2 rings (SSSR count). The van der Waals surface area contributed by atoms with Crippen molar-refractivity contribution in [3.8, 4) is 0 Å². The number of carbonyl (C=O) groups excluding carboxylic acids is 2. The van der Waals surface area contributed by atoms with Gasteiger partial charge in [-0.25, -0.2) is 0 Å². The lowest BCUT2D eigenvalue weighted by molar-refractivity contribution is -0.142. The number of hydrogen-bond acceptors (Lipinski definition) is 4. The molecule has 6 N–H and O–H groups in total. The lowest BCUT2D eigenvalue weighted by Crippen LogP contribution is -2.35. The molecule has 9 nitrogen and oxygen atoms in total. The van der Waals surface area contributed by atoms with Crippen LogP contribution in [0.1, 0.15) is 31.2 Å². The first-order valence-corrected chi connectivity index (χ1v) is 10.3. The van der Waals surface area contributed by atoms with Crippen LogP contribution in [-0.4, -0.2) is 59.9 Å². The van der Waals surface area contributed by atoms with E-state index in [1.807, 2.05) is 30.3 Å². The van der Waals surface area contributed by atoms with Crippen molar-refractivity contribution in [2.45, 2.75) is 32.1 Å². The van der Waals surface area contributed by atoms with Crippen LogP contribution >= 0.6 is 0 Å². The van der Waals surface area contributed by atoms with Gasteiger partial charge in [-0.1, -0.05) is 30.3 Å². The first-order valence-electron chi connectivity index (χ1n) is 10.3. The zero-order chi connectivity index (χ0) is 21.9. The van der Waals surface area contributed by atoms with Gasteiger partial charge in [-0.05, 0) is 24.8 Å². The minimum Gasteiger partial charge on any atom is -0.481 e. The Labute approximate surface area is 176 Å². The molecule has 0 spiro atoms. The van der Waals surface area contributed by atoms with Crippen molar-refractivity contribution < 1.29 is 19.5 Å². The average molecular weight is 418 g/mol. The van der Waals surface area contributed by atoms with Crippen molar-refractivity contribution in [2.24, 2.45) is 17.6 Å². The summed E-state index contributed by atoms with van der Waals surface area (Å²) in [6.45, 7) is 1.74. The quantitative estimate of drug-likeness (QED) is 0.190. The van der Waals surface area contributed by atoms with E-state index in [0.717, 1.165) is 12.8 Å². The number of amides is 2. The zero-order valence-corrected chi connectivity index (χ0v) is 17.1. The Morgan fingerprint density at radius 2 is 1.93 bits per heavy atom. The highest BCUT2D eigenvalue weighted by molar-refractivity contribution is 5.85. The summed E-state index contributed by atoms with van der Waals surface area (Å²) in [5, 5.41) is 21.7. The molecule has 2 atom stereocenters. The van der Waals surface area contributed by atoms with Crippen LogP contribution in [0.15, 0.2) is 30.3 Å². The summed E-state index contributed by atoms with van der Waals surface area (Å²) in [5.74, 6) is -2.28. The molecule has 30 heavy (non-hydrogen) atoms. The van der Waals surface area contributed by atoms with E-state index in [2.05, 4.69) is 10.6 Å². The molecule has 1 aromatic carbocycles. The summed E-state index contributed by atoms with van der Waals surface area (Å²) in [6, 6.07) is 10.0. The molecule has 0 bridgehead atoms. The maximum absolute atomic E-state index is 12.7. The Balaban J connectivity index is 1.81. The summed E-state index contributed by atoms with van der Waals surface area (Å²) >= 11 is 0. The van der Waals surface area contributed by atoms with Gasteiger partial charge < -0.3 is 26.4 Å². The molecule has 0 aromatic heterocycles. The normalized spacial score (nSPS) is 18.3. The van der Waals surface area contributed by atoms with E-state index in [4.69, 9.17) is 11.1 Å². The molecule has 1 aliphatic heterocycles. The topological polar surface area (TPSA) is 149 Å². The lowest BCUT2D eigenvalue weighted by Gasteiger charge is -2.17. The third kappa shape index (κ3) is 7.73. The predicted octanol–water partition coefficient (Wildman–Crippen LogP) is 0.548. The van der Waals surface area contributed by atoms with Crippen molar-refractivity contribution in [2.75, 3.05) is 26.2 Å². The number of aryl methyl sites for hydroxylation is 1. The van der Waals surface area contributed by atoms with Gasteiger partial charge in [-0.15, -0.1) is 0 Å². The number of nitrogens with zero attached hydrogens (tertiary/aromatic N) is 1. The smallest absolute Gasteiger partial charge is 0.304 e. The second kappa shape index (κ2) is 11.8. The Kier molecular flexibility index (Phi) is 9.11. The zero-order valence-electron chi connectivity index (χ0n) is 17.1. The van der Waals surface area contributed by atoms with Crippen molar-refractivity contribution in [3.05, 3.63) is 35.9 Å². The summed E-state index contributed by atoms with van der Waals surface area (Å²) in [4.78, 5) is 37.7. The van der Waals surface area contributed by atoms with Crippen LogP contribution in [0.2, 0.25) is 0 Å². The number of benzene rings is 1. The van der Waals surface area contributed by atoms with Crippen LogP contribution < -0.4 is 16.4 Å². The number of likely N-dealkylation sites (tertiary alicyclic amines) is 1. The van der Waals surface area contributed by atoms with Gasteiger partial charge in [-0.3, -0.25) is 19.8 Å². The second-order valence-electron chi connectivity index (χ2n) is 7.59. The maximum atomic E-state index is 12.7. The molecule has 1 aliphatic rings. The number of hydrogen-bond donors (Lipinski definition) is 5. The summed E-state index contributed by atoms with van der Waals surface area (Å²) < 4.78 is 0. The molecule has 0 aliphatic carbocycles. The summed E-state index contributed by atoms with van der Waals surface area (Å²) in [6.07, 6.45) is 2.23. The van der Waals surface area contributed by atoms with Crippen molar-refractivity contribution >= 4 is 23.7 Å². The number of guanidine groups is 1. The number of carboxylic acid groups (broad SMARTS) is 1. The molecule has 1 fully saturated rings. The number of aliphatic carboxylic acids is 1. The number of carboxylic acids is 1. The Morgan fingerprint density at radius 3 is 2.60 bits per heavy atom. The van der Waals surface area contributed by atoms with Crippen molar-refractivity contribution in [1.29, 1.82) is 5.41 Å². The van der Waals surface area contributed by atoms with E-state index >= 15 is 0 Å². The predicted molar refractivity (Wildman–Crippen MR) is 113 cm³/mol. The molecule has 0 radical (unpaired) electrons. The third-order valence-electron chi connectivity index (χ3n) is 5.24. The van der Waals surface area contributed by atoms with E-state index in [9.17, 15) is 19.5 Å². The maximum Gasteiger partial charge on any atom is 0.304 e. The largest absolute Gasteiger partial charge is 0.481 e. The van der Waals surface area contributed by atoms with Gasteiger partial charge in [0.15, 0.2) is 5.96 Å². The van der Waals surface area contributed by atoms with Crippen LogP contribution in [0.25, 0.3) is 0 Å². The van der Waals surface area contributed by atoms with Crippen LogP contribution in [0.5, 0.6) is 0 Å². The van der Waals surface area contributed by atoms with Gasteiger partial charge >= 0.3 is 5.97 Å². The van der Waals surface area contributed by atoms with Gasteiger partial charge in [0, 0.05) is 38.5 Å².